The molecule has 96 valence electrons. The summed E-state index contributed by atoms with van der Waals surface area (Å²) in [5.41, 5.74) is 2.30. The van der Waals surface area contributed by atoms with E-state index in [1.54, 1.807) is 7.11 Å². The van der Waals surface area contributed by atoms with Crippen LogP contribution in [0.25, 0.3) is 0 Å². The Balaban J connectivity index is 1.86. The van der Waals surface area contributed by atoms with Gasteiger partial charge in [-0.05, 0) is 17.7 Å². The fourth-order valence-electron chi connectivity index (χ4n) is 1.89. The maximum atomic E-state index is 5.12. The van der Waals surface area contributed by atoms with E-state index in [0.29, 0.717) is 6.61 Å². The molecule has 0 radical (unpaired) electrons. The Morgan fingerprint density at radius 1 is 1.39 bits per heavy atom. The first-order valence-electron chi connectivity index (χ1n) is 6.07. The highest BCUT2D eigenvalue weighted by molar-refractivity contribution is 5.45. The zero-order chi connectivity index (χ0) is 12.8. The number of rotatable bonds is 6. The molecule has 0 aliphatic carbocycles. The summed E-state index contributed by atoms with van der Waals surface area (Å²) in [5, 5.41) is 3.40. The van der Waals surface area contributed by atoms with E-state index < -0.39 is 0 Å². The first kappa shape index (κ1) is 12.6. The van der Waals surface area contributed by atoms with Crippen molar-refractivity contribution in [3.05, 3.63) is 48.0 Å². The molecular weight excluding hydrogens is 226 g/mol. The number of hydrogen-bond donors (Lipinski definition) is 1. The van der Waals surface area contributed by atoms with Crippen molar-refractivity contribution in [3.63, 3.8) is 0 Å². The number of ether oxygens (including phenoxy) is 1. The molecule has 1 aromatic carbocycles. The van der Waals surface area contributed by atoms with E-state index >= 15 is 0 Å². The molecule has 18 heavy (non-hydrogen) atoms. The Labute approximate surface area is 108 Å². The second-order valence-corrected chi connectivity index (χ2v) is 4.26. The first-order valence-corrected chi connectivity index (χ1v) is 6.07. The number of hydrogen-bond acceptors (Lipinski definition) is 3. The fraction of sp³-hybridized carbons (Fsp3) is 0.357. The van der Waals surface area contributed by atoms with E-state index in [0.717, 1.165) is 24.5 Å². The zero-order valence-corrected chi connectivity index (χ0v) is 10.9. The summed E-state index contributed by atoms with van der Waals surface area (Å²) in [6.45, 7) is 1.52. The van der Waals surface area contributed by atoms with Crippen LogP contribution in [0.15, 0.2) is 36.7 Å². The summed E-state index contributed by atoms with van der Waals surface area (Å²) in [6.07, 6.45) is 4.71. The van der Waals surface area contributed by atoms with Crippen LogP contribution in [0.4, 0.5) is 5.69 Å². The standard InChI is InChI=1S/C14H19N3O/c1-17-9-8-16-14(17)6-7-15-13-5-3-4-12(10-13)11-18-2/h3-5,8-10,15H,6-7,11H2,1-2H3. The van der Waals surface area contributed by atoms with E-state index in [2.05, 4.69) is 28.5 Å². The van der Waals surface area contributed by atoms with Crippen LogP contribution in [0.2, 0.25) is 0 Å². The van der Waals surface area contributed by atoms with E-state index in [1.165, 1.54) is 5.56 Å². The molecule has 0 saturated heterocycles. The number of benzene rings is 1. The molecule has 0 fully saturated rings. The largest absolute Gasteiger partial charge is 0.385 e. The molecule has 2 aromatic rings. The molecule has 4 nitrogen and oxygen atoms in total. The molecule has 0 unspecified atom stereocenters. The monoisotopic (exact) mass is 245 g/mol. The van der Waals surface area contributed by atoms with Crippen LogP contribution in [0.1, 0.15) is 11.4 Å². The van der Waals surface area contributed by atoms with Gasteiger partial charge in [0.2, 0.25) is 0 Å². The second-order valence-electron chi connectivity index (χ2n) is 4.26. The Morgan fingerprint density at radius 2 is 2.28 bits per heavy atom. The second kappa shape index (κ2) is 6.21. The predicted octanol–water partition coefficient (Wildman–Crippen LogP) is 2.22. The number of methoxy groups -OCH3 is 1. The molecule has 0 saturated carbocycles. The van der Waals surface area contributed by atoms with Crippen molar-refractivity contribution < 1.29 is 4.74 Å². The van der Waals surface area contributed by atoms with Gasteiger partial charge in [-0.25, -0.2) is 4.98 Å². The lowest BCUT2D eigenvalue weighted by molar-refractivity contribution is 0.185. The highest BCUT2D eigenvalue weighted by Crippen LogP contribution is 2.11. The van der Waals surface area contributed by atoms with Crippen molar-refractivity contribution in [1.82, 2.24) is 9.55 Å². The SMILES string of the molecule is COCc1cccc(NCCc2nccn2C)c1. The normalized spacial score (nSPS) is 10.6. The summed E-state index contributed by atoms with van der Waals surface area (Å²) >= 11 is 0. The lowest BCUT2D eigenvalue weighted by Crippen LogP contribution is -2.08. The van der Waals surface area contributed by atoms with Crippen molar-refractivity contribution in [1.29, 1.82) is 0 Å². The van der Waals surface area contributed by atoms with Crippen molar-refractivity contribution >= 4 is 5.69 Å². The van der Waals surface area contributed by atoms with Gasteiger partial charge in [0.25, 0.3) is 0 Å². The third-order valence-electron chi connectivity index (χ3n) is 2.84. The van der Waals surface area contributed by atoms with Gasteiger partial charge >= 0.3 is 0 Å². The minimum atomic E-state index is 0.648. The number of anilines is 1. The Morgan fingerprint density at radius 3 is 3.00 bits per heavy atom. The third-order valence-corrected chi connectivity index (χ3v) is 2.84. The summed E-state index contributed by atoms with van der Waals surface area (Å²) < 4.78 is 7.17. The molecule has 1 heterocycles. The lowest BCUT2D eigenvalue weighted by Gasteiger charge is -2.08. The van der Waals surface area contributed by atoms with E-state index in [9.17, 15) is 0 Å². The van der Waals surface area contributed by atoms with E-state index in [-0.39, 0.29) is 0 Å². The third kappa shape index (κ3) is 3.34. The lowest BCUT2D eigenvalue weighted by atomic mass is 10.2. The minimum absolute atomic E-state index is 0.648. The summed E-state index contributed by atoms with van der Waals surface area (Å²) in [4.78, 5) is 4.30. The van der Waals surface area contributed by atoms with Gasteiger partial charge in [-0.15, -0.1) is 0 Å². The summed E-state index contributed by atoms with van der Waals surface area (Å²) in [7, 11) is 3.72. The van der Waals surface area contributed by atoms with Gasteiger partial charge in [0, 0.05) is 45.2 Å². The maximum absolute atomic E-state index is 5.12. The van der Waals surface area contributed by atoms with E-state index in [1.807, 2.05) is 30.1 Å². The smallest absolute Gasteiger partial charge is 0.110 e. The van der Waals surface area contributed by atoms with Gasteiger partial charge in [-0.3, -0.25) is 0 Å². The van der Waals surface area contributed by atoms with Gasteiger partial charge in [0.05, 0.1) is 6.61 Å². The molecule has 0 bridgehead atoms. The van der Waals surface area contributed by atoms with Crippen molar-refractivity contribution in [2.45, 2.75) is 13.0 Å². The van der Waals surface area contributed by atoms with Crippen LogP contribution in [0.5, 0.6) is 0 Å². The molecule has 0 atom stereocenters. The zero-order valence-electron chi connectivity index (χ0n) is 10.9. The fourth-order valence-corrected chi connectivity index (χ4v) is 1.89. The Hall–Kier alpha value is -1.81. The number of nitrogens with zero attached hydrogens (tertiary/aromatic N) is 2. The minimum Gasteiger partial charge on any atom is -0.385 e. The van der Waals surface area contributed by atoms with Crippen LogP contribution in [-0.4, -0.2) is 23.2 Å². The van der Waals surface area contributed by atoms with Crippen LogP contribution in [-0.2, 0) is 24.8 Å². The predicted molar refractivity (Wildman–Crippen MR) is 72.6 cm³/mol. The Bertz CT molecular complexity index is 493. The average molecular weight is 245 g/mol. The molecule has 0 spiro atoms. The van der Waals surface area contributed by atoms with Crippen molar-refractivity contribution in [2.24, 2.45) is 7.05 Å². The molecule has 0 aliphatic heterocycles. The Kier molecular flexibility index (Phi) is 4.36. The highest BCUT2D eigenvalue weighted by Gasteiger charge is 1.99. The molecule has 1 N–H and O–H groups in total. The quantitative estimate of drug-likeness (QED) is 0.848. The molecule has 4 heteroatoms. The van der Waals surface area contributed by atoms with Crippen molar-refractivity contribution in [2.75, 3.05) is 19.0 Å². The molecule has 0 amide bonds. The molecule has 2 rings (SSSR count). The molecule has 0 aliphatic rings. The van der Waals surface area contributed by atoms with Crippen LogP contribution >= 0.6 is 0 Å². The molecular formula is C14H19N3O. The number of imidazole rings is 1. The summed E-state index contributed by atoms with van der Waals surface area (Å²) in [6, 6.07) is 8.28. The maximum Gasteiger partial charge on any atom is 0.110 e. The average Bonchev–Trinajstić information content (AvgIpc) is 2.76. The van der Waals surface area contributed by atoms with Gasteiger partial charge in [0.15, 0.2) is 0 Å². The highest BCUT2D eigenvalue weighted by atomic mass is 16.5. The van der Waals surface area contributed by atoms with Gasteiger partial charge in [0.1, 0.15) is 5.82 Å². The van der Waals surface area contributed by atoms with Crippen LogP contribution < -0.4 is 5.32 Å². The van der Waals surface area contributed by atoms with Gasteiger partial charge in [-0.2, -0.15) is 0 Å². The number of aromatic nitrogens is 2. The first-order chi connectivity index (χ1) is 8.79. The van der Waals surface area contributed by atoms with Crippen molar-refractivity contribution in [3.8, 4) is 0 Å². The number of aryl methyl sites for hydroxylation is 1. The van der Waals surface area contributed by atoms with Crippen LogP contribution in [0, 0.1) is 0 Å². The van der Waals surface area contributed by atoms with Crippen LogP contribution in [0.3, 0.4) is 0 Å². The van der Waals surface area contributed by atoms with Gasteiger partial charge in [-0.1, -0.05) is 12.1 Å². The van der Waals surface area contributed by atoms with E-state index in [4.69, 9.17) is 4.74 Å². The number of nitrogens with one attached hydrogen (secondary N) is 1. The van der Waals surface area contributed by atoms with Gasteiger partial charge < -0.3 is 14.6 Å². The molecule has 1 aromatic heterocycles. The topological polar surface area (TPSA) is 39.1 Å². The summed E-state index contributed by atoms with van der Waals surface area (Å²) in [5.74, 6) is 1.09.